The van der Waals surface area contributed by atoms with Crippen LogP contribution >= 0.6 is 31.9 Å². The zero-order valence-electron chi connectivity index (χ0n) is 12.3. The van der Waals surface area contributed by atoms with E-state index in [0.29, 0.717) is 9.65 Å². The van der Waals surface area contributed by atoms with Crippen molar-refractivity contribution in [3.8, 4) is 0 Å². The molecule has 6 nitrogen and oxygen atoms in total. The summed E-state index contributed by atoms with van der Waals surface area (Å²) in [7, 11) is 0. The van der Waals surface area contributed by atoms with Crippen LogP contribution in [-0.2, 0) is 9.59 Å². The summed E-state index contributed by atoms with van der Waals surface area (Å²) in [5, 5.41) is 12.5. The number of carbonyl (C=O) groups is 2. The zero-order valence-corrected chi connectivity index (χ0v) is 15.5. The maximum atomic E-state index is 12.4. The third-order valence-electron chi connectivity index (χ3n) is 4.75. The lowest BCUT2D eigenvalue weighted by atomic mass is 9.91. The van der Waals surface area contributed by atoms with E-state index in [1.807, 2.05) is 0 Å². The second-order valence-corrected chi connectivity index (χ2v) is 8.94. The van der Waals surface area contributed by atoms with Gasteiger partial charge in [-0.3, -0.25) is 9.59 Å². The SMILES string of the molecule is O=C1NC(C2CCC(Br)CN2)C(=O)NC1C1CCC(Br)CN1. The van der Waals surface area contributed by atoms with Crippen molar-refractivity contribution in [2.45, 2.75) is 59.5 Å². The topological polar surface area (TPSA) is 82.3 Å². The van der Waals surface area contributed by atoms with Gasteiger partial charge in [0.25, 0.3) is 0 Å². The fourth-order valence-electron chi connectivity index (χ4n) is 3.44. The van der Waals surface area contributed by atoms with Crippen LogP contribution in [0, 0.1) is 0 Å². The van der Waals surface area contributed by atoms with Gasteiger partial charge in [0.1, 0.15) is 12.1 Å². The third-order valence-corrected chi connectivity index (χ3v) is 6.31. The lowest BCUT2D eigenvalue weighted by molar-refractivity contribution is -0.138. The Labute approximate surface area is 147 Å². The fourth-order valence-corrected chi connectivity index (χ4v) is 4.34. The van der Waals surface area contributed by atoms with Gasteiger partial charge in [0, 0.05) is 34.8 Å². The van der Waals surface area contributed by atoms with Crippen LogP contribution in [0.15, 0.2) is 0 Å². The molecule has 0 aliphatic carbocycles. The van der Waals surface area contributed by atoms with Crippen molar-refractivity contribution in [1.82, 2.24) is 21.3 Å². The highest BCUT2D eigenvalue weighted by atomic mass is 79.9. The minimum atomic E-state index is -0.462. The summed E-state index contributed by atoms with van der Waals surface area (Å²) < 4.78 is 0. The Morgan fingerprint density at radius 1 is 0.727 bits per heavy atom. The van der Waals surface area contributed by atoms with Gasteiger partial charge in [0.2, 0.25) is 11.8 Å². The van der Waals surface area contributed by atoms with Gasteiger partial charge in [-0.05, 0) is 25.7 Å². The summed E-state index contributed by atoms with van der Waals surface area (Å²) in [5.74, 6) is -0.143. The molecule has 0 aromatic heterocycles. The van der Waals surface area contributed by atoms with Crippen LogP contribution in [0.1, 0.15) is 25.7 Å². The Hall–Kier alpha value is -0.180. The van der Waals surface area contributed by atoms with Crippen LogP contribution in [0.2, 0.25) is 0 Å². The van der Waals surface area contributed by atoms with E-state index >= 15 is 0 Å². The van der Waals surface area contributed by atoms with Crippen molar-refractivity contribution < 1.29 is 9.59 Å². The maximum absolute atomic E-state index is 12.4. The van der Waals surface area contributed by atoms with Crippen molar-refractivity contribution in [2.24, 2.45) is 0 Å². The molecule has 0 radical (unpaired) electrons. The number of piperazine rings is 1. The number of carbonyl (C=O) groups excluding carboxylic acids is 2. The van der Waals surface area contributed by atoms with Gasteiger partial charge in [-0.2, -0.15) is 0 Å². The highest BCUT2D eigenvalue weighted by molar-refractivity contribution is 9.09. The molecule has 8 heteroatoms. The van der Waals surface area contributed by atoms with E-state index in [1.165, 1.54) is 0 Å². The number of halogens is 2. The van der Waals surface area contributed by atoms with Gasteiger partial charge in [-0.15, -0.1) is 0 Å². The van der Waals surface area contributed by atoms with E-state index in [1.54, 1.807) is 0 Å². The van der Waals surface area contributed by atoms with E-state index in [9.17, 15) is 9.59 Å². The molecule has 2 amide bonds. The predicted octanol–water partition coefficient (Wildman–Crippen LogP) is 0.000600. The first-order chi connectivity index (χ1) is 10.5. The van der Waals surface area contributed by atoms with Gasteiger partial charge < -0.3 is 21.3 Å². The van der Waals surface area contributed by atoms with Gasteiger partial charge in [-0.1, -0.05) is 31.9 Å². The van der Waals surface area contributed by atoms with Crippen molar-refractivity contribution in [3.63, 3.8) is 0 Å². The monoisotopic (exact) mass is 436 g/mol. The Bertz CT molecular complexity index is 395. The minimum absolute atomic E-state index is 0.0185. The number of nitrogens with one attached hydrogen (secondary N) is 4. The zero-order chi connectivity index (χ0) is 15.7. The van der Waals surface area contributed by atoms with Crippen molar-refractivity contribution in [2.75, 3.05) is 13.1 Å². The molecule has 124 valence electrons. The normalized spacial score (nSPS) is 43.4. The van der Waals surface area contributed by atoms with E-state index in [4.69, 9.17) is 0 Å². The molecule has 0 aromatic rings. The lowest BCUT2D eigenvalue weighted by Gasteiger charge is -2.40. The molecule has 3 heterocycles. The Morgan fingerprint density at radius 2 is 1.14 bits per heavy atom. The van der Waals surface area contributed by atoms with Crippen molar-refractivity contribution in [1.29, 1.82) is 0 Å². The van der Waals surface area contributed by atoms with Crippen LogP contribution < -0.4 is 21.3 Å². The van der Waals surface area contributed by atoms with E-state index in [2.05, 4.69) is 53.1 Å². The largest absolute Gasteiger partial charge is 0.341 e. The quantitative estimate of drug-likeness (QED) is 0.458. The molecular formula is C14H22Br2N4O2. The highest BCUT2D eigenvalue weighted by Gasteiger charge is 2.42. The smallest absolute Gasteiger partial charge is 0.244 e. The van der Waals surface area contributed by atoms with Gasteiger partial charge in [-0.25, -0.2) is 0 Å². The first-order valence-corrected chi connectivity index (χ1v) is 9.73. The first kappa shape index (κ1) is 16.7. The molecular weight excluding hydrogens is 416 g/mol. The summed E-state index contributed by atoms with van der Waals surface area (Å²) in [6.45, 7) is 1.65. The van der Waals surface area contributed by atoms with Crippen LogP contribution in [0.4, 0.5) is 0 Å². The summed E-state index contributed by atoms with van der Waals surface area (Å²) in [4.78, 5) is 25.7. The Morgan fingerprint density at radius 3 is 1.45 bits per heavy atom. The molecule has 6 unspecified atom stereocenters. The molecule has 3 saturated heterocycles. The summed E-state index contributed by atoms with van der Waals surface area (Å²) in [6, 6.07) is -0.887. The number of amides is 2. The van der Waals surface area contributed by atoms with Crippen LogP contribution in [0.25, 0.3) is 0 Å². The second kappa shape index (κ2) is 7.15. The fraction of sp³-hybridized carbons (Fsp3) is 0.857. The van der Waals surface area contributed by atoms with Gasteiger partial charge in [0.15, 0.2) is 0 Å². The van der Waals surface area contributed by atoms with Crippen molar-refractivity contribution in [3.05, 3.63) is 0 Å². The molecule has 3 fully saturated rings. The second-order valence-electron chi connectivity index (χ2n) is 6.35. The average Bonchev–Trinajstić information content (AvgIpc) is 2.51. The summed E-state index contributed by atoms with van der Waals surface area (Å²) in [6.07, 6.45) is 3.78. The summed E-state index contributed by atoms with van der Waals surface area (Å²) >= 11 is 7.14. The molecule has 3 rings (SSSR count). The first-order valence-electron chi connectivity index (χ1n) is 7.90. The molecule has 0 saturated carbocycles. The Kier molecular flexibility index (Phi) is 5.42. The number of piperidine rings is 2. The van der Waals surface area contributed by atoms with E-state index < -0.39 is 12.1 Å². The molecule has 4 N–H and O–H groups in total. The molecule has 0 bridgehead atoms. The minimum Gasteiger partial charge on any atom is -0.341 e. The standard InChI is InChI=1S/C14H22Br2N4O2/c15-7-1-3-9(17-5-7)11-13(21)20-12(14(22)19-11)10-4-2-8(16)6-18-10/h7-12,17-18H,1-6H2,(H,19,22)(H,20,21). The van der Waals surface area contributed by atoms with Gasteiger partial charge >= 0.3 is 0 Å². The number of rotatable bonds is 2. The van der Waals surface area contributed by atoms with E-state index in [0.717, 1.165) is 38.8 Å². The maximum Gasteiger partial charge on any atom is 0.244 e. The average molecular weight is 438 g/mol. The number of hydrogen-bond donors (Lipinski definition) is 4. The number of alkyl halides is 2. The van der Waals surface area contributed by atoms with Crippen LogP contribution in [0.3, 0.4) is 0 Å². The van der Waals surface area contributed by atoms with Crippen molar-refractivity contribution >= 4 is 43.7 Å². The third kappa shape index (κ3) is 3.66. The molecule has 0 spiro atoms. The van der Waals surface area contributed by atoms with Crippen LogP contribution in [0.5, 0.6) is 0 Å². The molecule has 3 aliphatic heterocycles. The van der Waals surface area contributed by atoms with E-state index in [-0.39, 0.29) is 23.9 Å². The molecule has 0 aromatic carbocycles. The van der Waals surface area contributed by atoms with Crippen LogP contribution in [-0.4, -0.2) is 58.7 Å². The summed E-state index contributed by atoms with van der Waals surface area (Å²) in [5.41, 5.74) is 0. The predicted molar refractivity (Wildman–Crippen MR) is 91.3 cm³/mol. The van der Waals surface area contributed by atoms with Gasteiger partial charge in [0.05, 0.1) is 0 Å². The molecule has 3 aliphatic rings. The number of hydrogen-bond acceptors (Lipinski definition) is 4. The lowest BCUT2D eigenvalue weighted by Crippen LogP contribution is -2.71. The Balaban J connectivity index is 1.59. The highest BCUT2D eigenvalue weighted by Crippen LogP contribution is 2.21. The molecule has 22 heavy (non-hydrogen) atoms. The molecule has 6 atom stereocenters.